The van der Waals surface area contributed by atoms with Crippen LogP contribution in [0.25, 0.3) is 0 Å². The number of nitrogens with one attached hydrogen (secondary N) is 1. The normalized spacial score (nSPS) is 19.3. The van der Waals surface area contributed by atoms with Gasteiger partial charge in [-0.05, 0) is 38.8 Å². The SMILES string of the molecule is CCOC(=O)c1cc(N)cc(Cl)c1NC(C)C1CCCO1. The molecule has 0 aliphatic carbocycles. The second-order valence-corrected chi connectivity index (χ2v) is 5.54. The Morgan fingerprint density at radius 1 is 1.62 bits per heavy atom. The number of carbonyl (C=O) groups is 1. The standard InChI is InChI=1S/C15H21ClN2O3/c1-3-20-15(19)11-7-10(17)8-12(16)14(11)18-9(2)13-5-4-6-21-13/h7-9,13,18H,3-6,17H2,1-2H3. The molecule has 6 heteroatoms. The van der Waals surface area contributed by atoms with Crippen molar-refractivity contribution in [3.8, 4) is 0 Å². The fourth-order valence-corrected chi connectivity index (χ4v) is 2.74. The number of benzene rings is 1. The molecule has 2 atom stereocenters. The van der Waals surface area contributed by atoms with E-state index in [0.717, 1.165) is 19.4 Å². The molecule has 3 N–H and O–H groups in total. The van der Waals surface area contributed by atoms with E-state index in [9.17, 15) is 4.79 Å². The first kappa shape index (κ1) is 15.9. The predicted molar refractivity (Wildman–Crippen MR) is 83.9 cm³/mol. The van der Waals surface area contributed by atoms with Crippen LogP contribution < -0.4 is 11.1 Å². The smallest absolute Gasteiger partial charge is 0.340 e. The molecule has 1 fully saturated rings. The Morgan fingerprint density at radius 2 is 2.38 bits per heavy atom. The van der Waals surface area contributed by atoms with Gasteiger partial charge < -0.3 is 20.5 Å². The topological polar surface area (TPSA) is 73.6 Å². The molecular formula is C15H21ClN2O3. The van der Waals surface area contributed by atoms with Crippen molar-refractivity contribution in [2.75, 3.05) is 24.3 Å². The highest BCUT2D eigenvalue weighted by Gasteiger charge is 2.25. The molecule has 2 unspecified atom stereocenters. The Hall–Kier alpha value is -1.46. The fourth-order valence-electron chi connectivity index (χ4n) is 2.46. The lowest BCUT2D eigenvalue weighted by molar-refractivity contribution is 0.0527. The van der Waals surface area contributed by atoms with Gasteiger partial charge >= 0.3 is 5.97 Å². The van der Waals surface area contributed by atoms with Gasteiger partial charge in [0.1, 0.15) is 0 Å². The van der Waals surface area contributed by atoms with Crippen LogP contribution in [0.5, 0.6) is 0 Å². The van der Waals surface area contributed by atoms with E-state index in [2.05, 4.69) is 5.32 Å². The number of anilines is 2. The second kappa shape index (κ2) is 7.00. The van der Waals surface area contributed by atoms with Gasteiger partial charge in [0.25, 0.3) is 0 Å². The van der Waals surface area contributed by atoms with Crippen LogP contribution in [0, 0.1) is 0 Å². The molecule has 1 aromatic rings. The van der Waals surface area contributed by atoms with Crippen molar-refractivity contribution in [3.63, 3.8) is 0 Å². The summed E-state index contributed by atoms with van der Waals surface area (Å²) in [7, 11) is 0. The maximum Gasteiger partial charge on any atom is 0.340 e. The minimum Gasteiger partial charge on any atom is -0.462 e. The van der Waals surface area contributed by atoms with Gasteiger partial charge in [-0.15, -0.1) is 0 Å². The summed E-state index contributed by atoms with van der Waals surface area (Å²) in [6.07, 6.45) is 2.17. The van der Waals surface area contributed by atoms with Crippen LogP contribution in [-0.4, -0.2) is 31.3 Å². The Labute approximate surface area is 129 Å². The molecule has 0 saturated carbocycles. The van der Waals surface area contributed by atoms with Crippen LogP contribution in [-0.2, 0) is 9.47 Å². The van der Waals surface area contributed by atoms with Crippen LogP contribution in [0.15, 0.2) is 12.1 Å². The number of carbonyl (C=O) groups excluding carboxylic acids is 1. The Morgan fingerprint density at radius 3 is 3.00 bits per heavy atom. The molecule has 0 radical (unpaired) electrons. The molecule has 1 saturated heterocycles. The Balaban J connectivity index is 2.25. The number of halogens is 1. The highest BCUT2D eigenvalue weighted by molar-refractivity contribution is 6.34. The number of rotatable bonds is 5. The first-order chi connectivity index (χ1) is 10.0. The third-order valence-electron chi connectivity index (χ3n) is 3.50. The third kappa shape index (κ3) is 3.80. The lowest BCUT2D eigenvalue weighted by Crippen LogP contribution is -2.31. The van der Waals surface area contributed by atoms with E-state index in [0.29, 0.717) is 28.6 Å². The average molecular weight is 313 g/mol. The van der Waals surface area contributed by atoms with Gasteiger partial charge in [-0.1, -0.05) is 11.6 Å². The van der Waals surface area contributed by atoms with Crippen molar-refractivity contribution in [1.82, 2.24) is 0 Å². The molecular weight excluding hydrogens is 292 g/mol. The van der Waals surface area contributed by atoms with E-state index in [1.54, 1.807) is 19.1 Å². The monoisotopic (exact) mass is 312 g/mol. The van der Waals surface area contributed by atoms with Gasteiger partial charge in [0.05, 0.1) is 29.0 Å². The molecule has 1 aromatic carbocycles. The molecule has 5 nitrogen and oxygen atoms in total. The van der Waals surface area contributed by atoms with Crippen LogP contribution in [0.2, 0.25) is 5.02 Å². The molecule has 0 aromatic heterocycles. The van der Waals surface area contributed by atoms with Crippen molar-refractivity contribution in [2.45, 2.75) is 38.8 Å². The number of hydrogen-bond donors (Lipinski definition) is 2. The molecule has 0 spiro atoms. The summed E-state index contributed by atoms with van der Waals surface area (Å²) in [5.74, 6) is -0.436. The van der Waals surface area contributed by atoms with Gasteiger partial charge in [0.15, 0.2) is 0 Å². The molecule has 0 amide bonds. The maximum atomic E-state index is 12.1. The van der Waals surface area contributed by atoms with E-state index in [1.807, 2.05) is 6.92 Å². The molecule has 116 valence electrons. The van der Waals surface area contributed by atoms with Crippen molar-refractivity contribution < 1.29 is 14.3 Å². The lowest BCUT2D eigenvalue weighted by Gasteiger charge is -2.23. The Kier molecular flexibility index (Phi) is 5.31. The van der Waals surface area contributed by atoms with Crippen LogP contribution in [0.1, 0.15) is 37.0 Å². The van der Waals surface area contributed by atoms with Gasteiger partial charge in [-0.25, -0.2) is 4.79 Å². The number of ether oxygens (including phenoxy) is 2. The van der Waals surface area contributed by atoms with E-state index < -0.39 is 5.97 Å². The average Bonchev–Trinajstić information content (AvgIpc) is 2.95. The van der Waals surface area contributed by atoms with E-state index in [-0.39, 0.29) is 12.1 Å². The van der Waals surface area contributed by atoms with E-state index in [1.165, 1.54) is 0 Å². The summed E-state index contributed by atoms with van der Waals surface area (Å²) in [4.78, 5) is 12.1. The maximum absolute atomic E-state index is 12.1. The van der Waals surface area contributed by atoms with Crippen molar-refractivity contribution in [1.29, 1.82) is 0 Å². The molecule has 0 bridgehead atoms. The summed E-state index contributed by atoms with van der Waals surface area (Å²) in [6.45, 7) is 4.84. The van der Waals surface area contributed by atoms with E-state index >= 15 is 0 Å². The van der Waals surface area contributed by atoms with Gasteiger partial charge in [0, 0.05) is 18.3 Å². The predicted octanol–water partition coefficient (Wildman–Crippen LogP) is 3.08. The second-order valence-electron chi connectivity index (χ2n) is 5.13. The highest BCUT2D eigenvalue weighted by atomic mass is 35.5. The highest BCUT2D eigenvalue weighted by Crippen LogP contribution is 2.31. The van der Waals surface area contributed by atoms with Gasteiger partial charge in [-0.2, -0.15) is 0 Å². The van der Waals surface area contributed by atoms with Crippen LogP contribution in [0.4, 0.5) is 11.4 Å². The largest absolute Gasteiger partial charge is 0.462 e. The van der Waals surface area contributed by atoms with Crippen molar-refractivity contribution in [3.05, 3.63) is 22.7 Å². The molecule has 21 heavy (non-hydrogen) atoms. The molecule has 1 aliphatic rings. The summed E-state index contributed by atoms with van der Waals surface area (Å²) in [5, 5.41) is 3.68. The number of hydrogen-bond acceptors (Lipinski definition) is 5. The minimum atomic E-state index is -0.436. The first-order valence-electron chi connectivity index (χ1n) is 7.17. The van der Waals surface area contributed by atoms with Crippen molar-refractivity contribution >= 4 is 28.9 Å². The quantitative estimate of drug-likeness (QED) is 0.645. The van der Waals surface area contributed by atoms with E-state index in [4.69, 9.17) is 26.8 Å². The van der Waals surface area contributed by atoms with Gasteiger partial charge in [0.2, 0.25) is 0 Å². The Bertz CT molecular complexity index is 516. The zero-order valence-electron chi connectivity index (χ0n) is 12.3. The zero-order valence-corrected chi connectivity index (χ0v) is 13.1. The number of nitrogen functional groups attached to an aromatic ring is 1. The summed E-state index contributed by atoms with van der Waals surface area (Å²) < 4.78 is 10.7. The number of esters is 1. The zero-order chi connectivity index (χ0) is 15.4. The van der Waals surface area contributed by atoms with Crippen LogP contribution in [0.3, 0.4) is 0 Å². The van der Waals surface area contributed by atoms with Gasteiger partial charge in [-0.3, -0.25) is 0 Å². The lowest BCUT2D eigenvalue weighted by atomic mass is 10.1. The molecule has 1 heterocycles. The fraction of sp³-hybridized carbons (Fsp3) is 0.533. The number of nitrogens with two attached hydrogens (primary N) is 1. The molecule has 2 rings (SSSR count). The molecule has 1 aliphatic heterocycles. The summed E-state index contributed by atoms with van der Waals surface area (Å²) in [5.41, 5.74) is 7.10. The summed E-state index contributed by atoms with van der Waals surface area (Å²) in [6, 6.07) is 3.24. The summed E-state index contributed by atoms with van der Waals surface area (Å²) >= 11 is 6.24. The minimum absolute atomic E-state index is 0.0433. The van der Waals surface area contributed by atoms with Crippen LogP contribution >= 0.6 is 11.6 Å². The first-order valence-corrected chi connectivity index (χ1v) is 7.55. The third-order valence-corrected chi connectivity index (χ3v) is 3.80. The van der Waals surface area contributed by atoms with Crippen molar-refractivity contribution in [2.24, 2.45) is 0 Å².